The van der Waals surface area contributed by atoms with E-state index in [-0.39, 0.29) is 11.5 Å². The molecule has 1 aromatic heterocycles. The Bertz CT molecular complexity index is 1110. The highest BCUT2D eigenvalue weighted by Crippen LogP contribution is 2.41. The molecular weight excluding hydrogens is 398 g/mol. The van der Waals surface area contributed by atoms with Crippen LogP contribution in [0.25, 0.3) is 22.4 Å². The molecule has 3 aromatic rings. The molecule has 0 saturated carbocycles. The van der Waals surface area contributed by atoms with E-state index >= 15 is 0 Å². The minimum atomic E-state index is 0.000894. The molecular formula is C23H27N3O3S. The van der Waals surface area contributed by atoms with Crippen molar-refractivity contribution in [1.29, 1.82) is 0 Å². The van der Waals surface area contributed by atoms with E-state index in [1.54, 1.807) is 13.2 Å². The number of anilines is 1. The molecule has 6 nitrogen and oxygen atoms in total. The van der Waals surface area contributed by atoms with Crippen molar-refractivity contribution in [3.8, 4) is 39.6 Å². The standard InChI is InChI=1S/C23H27N3O3S/c1-3-14-11-16(19(28)13-18(14)27)22-21(23(30)25-24-22)15-7-8-20(29-2)17(12-15)26-9-5-4-6-10-26/h7-8,11-13,27-28H,3-6,9-10H2,1-2H3,(H2,24,25,30). The van der Waals surface area contributed by atoms with Crippen LogP contribution >= 0.6 is 12.2 Å². The molecule has 4 rings (SSSR count). The van der Waals surface area contributed by atoms with Crippen LogP contribution in [0.4, 0.5) is 5.69 Å². The Balaban J connectivity index is 1.85. The van der Waals surface area contributed by atoms with Gasteiger partial charge in [0.1, 0.15) is 21.9 Å². The number of hydrogen-bond acceptors (Lipinski definition) is 5. The van der Waals surface area contributed by atoms with E-state index in [0.717, 1.165) is 41.2 Å². The number of aromatic nitrogens is 2. The molecule has 0 radical (unpaired) electrons. The van der Waals surface area contributed by atoms with Crippen LogP contribution in [-0.2, 0) is 6.42 Å². The zero-order valence-corrected chi connectivity index (χ0v) is 18.1. The van der Waals surface area contributed by atoms with E-state index in [2.05, 4.69) is 21.2 Å². The van der Waals surface area contributed by atoms with Gasteiger partial charge >= 0.3 is 0 Å². The van der Waals surface area contributed by atoms with Gasteiger partial charge in [0, 0.05) is 30.3 Å². The Labute approximate surface area is 181 Å². The average Bonchev–Trinajstić information content (AvgIpc) is 3.15. The van der Waals surface area contributed by atoms with Crippen molar-refractivity contribution >= 4 is 17.9 Å². The first kappa shape index (κ1) is 20.3. The second-order valence-corrected chi connectivity index (χ2v) is 8.02. The number of nitrogens with one attached hydrogen (secondary N) is 2. The van der Waals surface area contributed by atoms with Crippen molar-refractivity contribution in [3.63, 3.8) is 0 Å². The van der Waals surface area contributed by atoms with Crippen molar-refractivity contribution in [3.05, 3.63) is 40.5 Å². The predicted octanol–water partition coefficient (Wildman–Crippen LogP) is 5.38. The molecule has 0 bridgehead atoms. The molecule has 7 heteroatoms. The number of phenolic OH excluding ortho intramolecular Hbond substituents is 2. The van der Waals surface area contributed by atoms with Crippen molar-refractivity contribution in [2.75, 3.05) is 25.1 Å². The monoisotopic (exact) mass is 425 g/mol. The normalized spacial score (nSPS) is 14.1. The lowest BCUT2D eigenvalue weighted by Crippen LogP contribution is -2.29. The van der Waals surface area contributed by atoms with Crippen molar-refractivity contribution in [2.45, 2.75) is 32.6 Å². The first-order chi connectivity index (χ1) is 14.5. The number of benzene rings is 2. The van der Waals surface area contributed by atoms with Gasteiger partial charge in [-0.3, -0.25) is 10.2 Å². The number of aromatic hydroxyl groups is 2. The van der Waals surface area contributed by atoms with Crippen molar-refractivity contribution in [1.82, 2.24) is 10.2 Å². The predicted molar refractivity (Wildman–Crippen MR) is 122 cm³/mol. The Morgan fingerprint density at radius 3 is 2.50 bits per heavy atom. The lowest BCUT2D eigenvalue weighted by Gasteiger charge is -2.30. The summed E-state index contributed by atoms with van der Waals surface area (Å²) >= 11 is 5.58. The average molecular weight is 426 g/mol. The Morgan fingerprint density at radius 2 is 1.80 bits per heavy atom. The maximum Gasteiger partial charge on any atom is 0.142 e. The Hall–Kier alpha value is -2.93. The minimum absolute atomic E-state index is 0.000894. The molecule has 1 fully saturated rings. The zero-order chi connectivity index (χ0) is 21.3. The fraction of sp³-hybridized carbons (Fsp3) is 0.348. The fourth-order valence-corrected chi connectivity index (χ4v) is 4.44. The van der Waals surface area contributed by atoms with Crippen LogP contribution in [0.1, 0.15) is 31.7 Å². The summed E-state index contributed by atoms with van der Waals surface area (Å²) in [4.78, 5) is 2.36. The molecule has 1 aliphatic heterocycles. The number of H-pyrrole nitrogens is 2. The molecule has 1 aliphatic rings. The Kier molecular flexibility index (Phi) is 5.72. The van der Waals surface area contributed by atoms with E-state index in [4.69, 9.17) is 17.0 Å². The maximum absolute atomic E-state index is 10.5. The van der Waals surface area contributed by atoms with Gasteiger partial charge in [0.25, 0.3) is 0 Å². The first-order valence-corrected chi connectivity index (χ1v) is 10.7. The van der Waals surface area contributed by atoms with Crippen LogP contribution in [-0.4, -0.2) is 40.6 Å². The third-order valence-corrected chi connectivity index (χ3v) is 6.10. The van der Waals surface area contributed by atoms with Gasteiger partial charge in [-0.1, -0.05) is 25.2 Å². The fourth-order valence-electron chi connectivity index (χ4n) is 4.17. The van der Waals surface area contributed by atoms with Crippen LogP contribution < -0.4 is 9.64 Å². The van der Waals surface area contributed by atoms with E-state index in [1.165, 1.54) is 25.3 Å². The smallest absolute Gasteiger partial charge is 0.142 e. The molecule has 0 unspecified atom stereocenters. The zero-order valence-electron chi connectivity index (χ0n) is 17.3. The number of aromatic amines is 2. The number of piperidine rings is 1. The van der Waals surface area contributed by atoms with Gasteiger partial charge in [-0.25, -0.2) is 0 Å². The van der Waals surface area contributed by atoms with Gasteiger partial charge in [-0.05, 0) is 55.0 Å². The molecule has 158 valence electrons. The van der Waals surface area contributed by atoms with Gasteiger partial charge in [0.05, 0.1) is 18.5 Å². The van der Waals surface area contributed by atoms with Crippen LogP contribution in [0.2, 0.25) is 0 Å². The summed E-state index contributed by atoms with van der Waals surface area (Å²) in [5.74, 6) is 0.931. The van der Waals surface area contributed by atoms with Crippen molar-refractivity contribution in [2.24, 2.45) is 0 Å². The highest BCUT2D eigenvalue weighted by atomic mass is 32.1. The van der Waals surface area contributed by atoms with E-state index in [1.807, 2.05) is 19.1 Å². The molecule has 4 N–H and O–H groups in total. The van der Waals surface area contributed by atoms with Crippen LogP contribution in [0.15, 0.2) is 30.3 Å². The lowest BCUT2D eigenvalue weighted by atomic mass is 9.97. The highest BCUT2D eigenvalue weighted by molar-refractivity contribution is 7.71. The largest absolute Gasteiger partial charge is 0.508 e. The van der Waals surface area contributed by atoms with Crippen LogP contribution in [0, 0.1) is 4.64 Å². The summed E-state index contributed by atoms with van der Waals surface area (Å²) in [6.45, 7) is 3.97. The quantitative estimate of drug-likeness (QED) is 0.413. The molecule has 2 aromatic carbocycles. The molecule has 0 atom stereocenters. The van der Waals surface area contributed by atoms with Gasteiger partial charge < -0.3 is 19.8 Å². The molecule has 1 saturated heterocycles. The van der Waals surface area contributed by atoms with Crippen LogP contribution in [0.3, 0.4) is 0 Å². The number of phenols is 2. The molecule has 2 heterocycles. The summed E-state index contributed by atoms with van der Waals surface area (Å²) < 4.78 is 6.19. The maximum atomic E-state index is 10.5. The summed E-state index contributed by atoms with van der Waals surface area (Å²) in [7, 11) is 1.69. The summed E-state index contributed by atoms with van der Waals surface area (Å²) in [6.07, 6.45) is 4.25. The second kappa shape index (κ2) is 8.44. The minimum Gasteiger partial charge on any atom is -0.508 e. The van der Waals surface area contributed by atoms with Gasteiger partial charge in [0.15, 0.2) is 0 Å². The molecule has 30 heavy (non-hydrogen) atoms. The van der Waals surface area contributed by atoms with E-state index in [0.29, 0.717) is 22.3 Å². The lowest BCUT2D eigenvalue weighted by molar-refractivity contribution is 0.412. The van der Waals surface area contributed by atoms with Gasteiger partial charge in [-0.15, -0.1) is 0 Å². The van der Waals surface area contributed by atoms with Gasteiger partial charge in [-0.2, -0.15) is 0 Å². The number of rotatable bonds is 5. The third kappa shape index (κ3) is 3.65. The number of methoxy groups -OCH3 is 1. The molecule has 0 aliphatic carbocycles. The summed E-state index contributed by atoms with van der Waals surface area (Å²) in [5, 5.41) is 26.7. The number of aryl methyl sites for hydroxylation is 1. The van der Waals surface area contributed by atoms with E-state index < -0.39 is 0 Å². The number of nitrogens with zero attached hydrogens (tertiary/aromatic N) is 1. The number of ether oxygens (including phenoxy) is 1. The summed E-state index contributed by atoms with van der Waals surface area (Å²) in [6, 6.07) is 9.26. The SMILES string of the molecule is CCc1cc(-c2[nH][nH]c(=S)c2-c2ccc(OC)c(N3CCCCC3)c2)c(O)cc1O. The molecule has 0 spiro atoms. The van der Waals surface area contributed by atoms with Crippen molar-refractivity contribution < 1.29 is 14.9 Å². The van der Waals surface area contributed by atoms with Gasteiger partial charge in [0.2, 0.25) is 0 Å². The van der Waals surface area contributed by atoms with Crippen LogP contribution in [0.5, 0.6) is 17.2 Å². The summed E-state index contributed by atoms with van der Waals surface area (Å²) in [5.41, 5.74) is 4.87. The first-order valence-electron chi connectivity index (χ1n) is 10.3. The number of hydrogen-bond donors (Lipinski definition) is 4. The highest BCUT2D eigenvalue weighted by Gasteiger charge is 2.20. The molecule has 0 amide bonds. The van der Waals surface area contributed by atoms with E-state index in [9.17, 15) is 10.2 Å². The third-order valence-electron chi connectivity index (χ3n) is 5.79. The Morgan fingerprint density at radius 1 is 1.03 bits per heavy atom. The second-order valence-electron chi connectivity index (χ2n) is 7.62. The topological polar surface area (TPSA) is 84.5 Å².